The van der Waals surface area contributed by atoms with E-state index in [1.54, 1.807) is 0 Å². The van der Waals surface area contributed by atoms with Crippen molar-refractivity contribution in [3.8, 4) is 0 Å². The van der Waals surface area contributed by atoms with Gasteiger partial charge >= 0.3 is 0 Å². The number of hydrogen-bond donors (Lipinski definition) is 2. The van der Waals surface area contributed by atoms with Crippen LogP contribution in [-0.2, 0) is 19.5 Å². The maximum atomic E-state index is 3.61. The molecular weight excluding hydrogens is 220 g/mol. The van der Waals surface area contributed by atoms with Crippen molar-refractivity contribution in [2.75, 3.05) is 13.1 Å². The third kappa shape index (κ3) is 2.60. The molecule has 1 heterocycles. The van der Waals surface area contributed by atoms with Crippen LogP contribution in [0.3, 0.4) is 0 Å². The largest absolute Gasteiger partial charge is 0.312 e. The van der Waals surface area contributed by atoms with Gasteiger partial charge in [0.15, 0.2) is 0 Å². The second-order valence-corrected chi connectivity index (χ2v) is 6.55. The Balaban J connectivity index is 1.53. The molecule has 3 rings (SSSR count). The van der Waals surface area contributed by atoms with Gasteiger partial charge in [-0.2, -0.15) is 0 Å². The molecule has 0 amide bonds. The molecule has 0 bridgehead atoms. The molecular formula is C16H24N2. The van der Waals surface area contributed by atoms with E-state index in [-0.39, 0.29) is 0 Å². The fraction of sp³-hybridized carbons (Fsp3) is 0.625. The second-order valence-electron chi connectivity index (χ2n) is 6.55. The Hall–Kier alpha value is -0.860. The molecule has 1 aromatic rings. The first-order chi connectivity index (χ1) is 8.65. The molecule has 98 valence electrons. The van der Waals surface area contributed by atoms with Crippen molar-refractivity contribution in [3.05, 3.63) is 34.9 Å². The van der Waals surface area contributed by atoms with Gasteiger partial charge in [0.1, 0.15) is 0 Å². The second kappa shape index (κ2) is 4.67. The van der Waals surface area contributed by atoms with Gasteiger partial charge in [0, 0.05) is 13.1 Å². The Morgan fingerprint density at radius 2 is 2.17 bits per heavy atom. The molecule has 2 aliphatic rings. The standard InChI is InChI=1S/C16H24N2/c1-16(2)8-15(16)11-18-9-12-3-4-13-5-6-17-10-14(13)7-12/h3-4,7,15,17-18H,5-6,8-11H2,1-2H3. The van der Waals surface area contributed by atoms with Gasteiger partial charge < -0.3 is 10.6 Å². The molecule has 0 radical (unpaired) electrons. The quantitative estimate of drug-likeness (QED) is 0.850. The van der Waals surface area contributed by atoms with Crippen LogP contribution >= 0.6 is 0 Å². The van der Waals surface area contributed by atoms with E-state index in [2.05, 4.69) is 42.7 Å². The number of nitrogens with one attached hydrogen (secondary N) is 2. The van der Waals surface area contributed by atoms with Crippen molar-refractivity contribution in [1.82, 2.24) is 10.6 Å². The fourth-order valence-electron chi connectivity index (χ4n) is 2.96. The lowest BCUT2D eigenvalue weighted by atomic mass is 9.98. The highest BCUT2D eigenvalue weighted by atomic mass is 14.9. The lowest BCUT2D eigenvalue weighted by Gasteiger charge is -2.18. The molecule has 1 atom stereocenters. The minimum absolute atomic E-state index is 0.590. The first-order valence-electron chi connectivity index (χ1n) is 7.17. The van der Waals surface area contributed by atoms with E-state index in [0.29, 0.717) is 5.41 Å². The molecule has 1 fully saturated rings. The SMILES string of the molecule is CC1(C)CC1CNCc1ccc2c(c1)CNCC2. The summed E-state index contributed by atoms with van der Waals surface area (Å²) < 4.78 is 0. The third-order valence-corrected chi connectivity index (χ3v) is 4.59. The Morgan fingerprint density at radius 3 is 2.94 bits per heavy atom. The van der Waals surface area contributed by atoms with Gasteiger partial charge in [0.05, 0.1) is 0 Å². The highest BCUT2D eigenvalue weighted by Crippen LogP contribution is 2.50. The zero-order chi connectivity index (χ0) is 12.6. The summed E-state index contributed by atoms with van der Waals surface area (Å²) in [5.74, 6) is 0.886. The number of rotatable bonds is 4. The number of benzene rings is 1. The van der Waals surface area contributed by atoms with E-state index < -0.39 is 0 Å². The number of fused-ring (bicyclic) bond motifs is 1. The Bertz CT molecular complexity index is 437. The molecule has 1 aromatic carbocycles. The fourth-order valence-corrected chi connectivity index (χ4v) is 2.96. The summed E-state index contributed by atoms with van der Waals surface area (Å²) >= 11 is 0. The summed E-state index contributed by atoms with van der Waals surface area (Å²) in [5.41, 5.74) is 5.04. The van der Waals surface area contributed by atoms with Gasteiger partial charge in [-0.3, -0.25) is 0 Å². The molecule has 2 heteroatoms. The minimum atomic E-state index is 0.590. The molecule has 0 aromatic heterocycles. The first-order valence-corrected chi connectivity index (χ1v) is 7.17. The minimum Gasteiger partial charge on any atom is -0.312 e. The van der Waals surface area contributed by atoms with E-state index in [4.69, 9.17) is 0 Å². The van der Waals surface area contributed by atoms with E-state index in [1.807, 2.05) is 0 Å². The van der Waals surface area contributed by atoms with Crippen LogP contribution in [0.2, 0.25) is 0 Å². The topological polar surface area (TPSA) is 24.1 Å². The monoisotopic (exact) mass is 244 g/mol. The van der Waals surface area contributed by atoms with Crippen molar-refractivity contribution in [2.24, 2.45) is 11.3 Å². The molecule has 18 heavy (non-hydrogen) atoms. The maximum Gasteiger partial charge on any atom is 0.0208 e. The van der Waals surface area contributed by atoms with Crippen molar-refractivity contribution < 1.29 is 0 Å². The highest BCUT2D eigenvalue weighted by Gasteiger charge is 2.44. The summed E-state index contributed by atoms with van der Waals surface area (Å²) in [6.07, 6.45) is 2.56. The van der Waals surface area contributed by atoms with Crippen LogP contribution in [0.1, 0.15) is 37.0 Å². The van der Waals surface area contributed by atoms with Gasteiger partial charge in [-0.05, 0) is 54.0 Å². The maximum absolute atomic E-state index is 3.61. The predicted molar refractivity (Wildman–Crippen MR) is 75.4 cm³/mol. The Labute approximate surface area is 110 Å². The normalized spacial score (nSPS) is 24.7. The highest BCUT2D eigenvalue weighted by molar-refractivity contribution is 5.33. The van der Waals surface area contributed by atoms with Gasteiger partial charge in [0.2, 0.25) is 0 Å². The van der Waals surface area contributed by atoms with Gasteiger partial charge in [-0.15, -0.1) is 0 Å². The van der Waals surface area contributed by atoms with Crippen LogP contribution in [0.4, 0.5) is 0 Å². The third-order valence-electron chi connectivity index (χ3n) is 4.59. The van der Waals surface area contributed by atoms with Crippen LogP contribution in [0, 0.1) is 11.3 Å². The summed E-state index contributed by atoms with van der Waals surface area (Å²) in [4.78, 5) is 0. The lowest BCUT2D eigenvalue weighted by Crippen LogP contribution is -2.24. The Kier molecular flexibility index (Phi) is 3.16. The van der Waals surface area contributed by atoms with Crippen LogP contribution < -0.4 is 10.6 Å². The molecule has 0 spiro atoms. The van der Waals surface area contributed by atoms with E-state index in [0.717, 1.165) is 25.6 Å². The summed E-state index contributed by atoms with van der Waals surface area (Å²) in [6, 6.07) is 6.97. The molecule has 1 saturated carbocycles. The zero-order valence-corrected chi connectivity index (χ0v) is 11.6. The van der Waals surface area contributed by atoms with Crippen LogP contribution in [0.5, 0.6) is 0 Å². The molecule has 1 unspecified atom stereocenters. The van der Waals surface area contributed by atoms with Crippen LogP contribution in [-0.4, -0.2) is 13.1 Å². The molecule has 1 aliphatic heterocycles. The van der Waals surface area contributed by atoms with Gasteiger partial charge in [0.25, 0.3) is 0 Å². The summed E-state index contributed by atoms with van der Waals surface area (Å²) in [6.45, 7) is 9.08. The average molecular weight is 244 g/mol. The van der Waals surface area contributed by atoms with Crippen molar-refractivity contribution >= 4 is 0 Å². The smallest absolute Gasteiger partial charge is 0.0208 e. The predicted octanol–water partition coefficient (Wildman–Crippen LogP) is 2.47. The molecule has 2 nitrogen and oxygen atoms in total. The van der Waals surface area contributed by atoms with Crippen molar-refractivity contribution in [1.29, 1.82) is 0 Å². The zero-order valence-electron chi connectivity index (χ0n) is 11.6. The average Bonchev–Trinajstić information content (AvgIpc) is 2.97. The first kappa shape index (κ1) is 12.2. The van der Waals surface area contributed by atoms with Crippen molar-refractivity contribution in [3.63, 3.8) is 0 Å². The molecule has 2 N–H and O–H groups in total. The van der Waals surface area contributed by atoms with E-state index >= 15 is 0 Å². The van der Waals surface area contributed by atoms with Gasteiger partial charge in [-0.1, -0.05) is 32.0 Å². The summed E-state index contributed by atoms with van der Waals surface area (Å²) in [5, 5.41) is 7.05. The Morgan fingerprint density at radius 1 is 1.33 bits per heavy atom. The lowest BCUT2D eigenvalue weighted by molar-refractivity contribution is 0.519. The van der Waals surface area contributed by atoms with E-state index in [1.165, 1.54) is 36.1 Å². The van der Waals surface area contributed by atoms with E-state index in [9.17, 15) is 0 Å². The van der Waals surface area contributed by atoms with Gasteiger partial charge in [-0.25, -0.2) is 0 Å². The van der Waals surface area contributed by atoms with Crippen LogP contribution in [0.25, 0.3) is 0 Å². The van der Waals surface area contributed by atoms with Crippen LogP contribution in [0.15, 0.2) is 18.2 Å². The molecule has 1 aliphatic carbocycles. The molecule has 0 saturated heterocycles. The van der Waals surface area contributed by atoms with Crippen molar-refractivity contribution in [2.45, 2.75) is 39.8 Å². The number of hydrogen-bond acceptors (Lipinski definition) is 2. The summed E-state index contributed by atoms with van der Waals surface area (Å²) in [7, 11) is 0.